The Morgan fingerprint density at radius 1 is 1.23 bits per heavy atom. The summed E-state index contributed by atoms with van der Waals surface area (Å²) < 4.78 is 88.5. The first-order valence-corrected chi connectivity index (χ1v) is 10.7. The number of rotatable bonds is 6. The number of halogens is 6. The molecular formula is C23H21F6N3O3. The normalized spacial score (nSPS) is 17.2. The number of aryl methyl sites for hydroxylation is 1. The summed E-state index contributed by atoms with van der Waals surface area (Å²) in [6, 6.07) is 6.69. The number of pyridine rings is 1. The van der Waals surface area contributed by atoms with Crippen LogP contribution in [0.25, 0.3) is 11.0 Å². The Morgan fingerprint density at radius 2 is 2.00 bits per heavy atom. The van der Waals surface area contributed by atoms with Crippen LogP contribution in [-0.4, -0.2) is 47.6 Å². The van der Waals surface area contributed by atoms with Crippen LogP contribution in [0, 0.1) is 6.92 Å². The highest BCUT2D eigenvalue weighted by Crippen LogP contribution is 2.32. The third kappa shape index (κ3) is 5.87. The van der Waals surface area contributed by atoms with Crippen molar-refractivity contribution in [3.63, 3.8) is 0 Å². The molecule has 1 fully saturated rings. The summed E-state index contributed by atoms with van der Waals surface area (Å²) in [6.07, 6.45) is -7.53. The van der Waals surface area contributed by atoms with Crippen molar-refractivity contribution < 1.29 is 40.3 Å². The smallest absolute Gasteiger partial charge is 0.433 e. The number of likely N-dealkylation sites (tertiary alicyclic amines) is 1. The maximum absolute atomic E-state index is 13.2. The Kier molecular flexibility index (Phi) is 6.67. The molecule has 3 aromatic rings. The number of carbonyl (C=O) groups is 1. The fourth-order valence-corrected chi connectivity index (χ4v) is 4.15. The molecule has 35 heavy (non-hydrogen) atoms. The fourth-order valence-electron chi connectivity index (χ4n) is 4.15. The molecule has 12 heteroatoms. The summed E-state index contributed by atoms with van der Waals surface area (Å²) in [5.41, 5.74) is -0.637. The predicted molar refractivity (Wildman–Crippen MR) is 113 cm³/mol. The van der Waals surface area contributed by atoms with Gasteiger partial charge in [0.15, 0.2) is 5.69 Å². The standard InChI is InChI=1S/C23H21F6N3O3/c1-13-19(21(33)31-15-6-8-32(10-15)12-22(24,25)26)17-9-16(4-5-18(17)35-13)34-11-14-3-2-7-30-20(14)23(27,28)29/h2-5,7,9,15H,6,8,10-12H2,1H3,(H,31,33). The van der Waals surface area contributed by atoms with Gasteiger partial charge in [0.1, 0.15) is 23.7 Å². The second-order valence-corrected chi connectivity index (χ2v) is 8.30. The van der Waals surface area contributed by atoms with E-state index in [1.54, 1.807) is 6.92 Å². The van der Waals surface area contributed by atoms with E-state index in [1.165, 1.54) is 35.2 Å². The van der Waals surface area contributed by atoms with Gasteiger partial charge in [0.05, 0.1) is 12.1 Å². The summed E-state index contributed by atoms with van der Waals surface area (Å²) in [5, 5.41) is 3.13. The summed E-state index contributed by atoms with van der Waals surface area (Å²) in [4.78, 5) is 17.6. The van der Waals surface area contributed by atoms with Gasteiger partial charge in [-0.15, -0.1) is 0 Å². The van der Waals surface area contributed by atoms with E-state index in [0.717, 1.165) is 6.20 Å². The first-order chi connectivity index (χ1) is 16.4. The van der Waals surface area contributed by atoms with E-state index in [4.69, 9.17) is 9.15 Å². The minimum absolute atomic E-state index is 0.0705. The fraction of sp³-hybridized carbons (Fsp3) is 0.391. The van der Waals surface area contributed by atoms with E-state index in [-0.39, 0.29) is 30.0 Å². The number of fused-ring (bicyclic) bond motifs is 1. The molecule has 3 heterocycles. The predicted octanol–water partition coefficient (Wildman–Crippen LogP) is 5.10. The molecule has 188 valence electrons. The van der Waals surface area contributed by atoms with Crippen molar-refractivity contribution in [1.82, 2.24) is 15.2 Å². The molecule has 6 nitrogen and oxygen atoms in total. The Labute approximate surface area is 195 Å². The molecule has 1 saturated heterocycles. The second-order valence-electron chi connectivity index (χ2n) is 8.30. The van der Waals surface area contributed by atoms with Crippen LogP contribution >= 0.6 is 0 Å². The number of nitrogens with zero attached hydrogens (tertiary/aromatic N) is 2. The van der Waals surface area contributed by atoms with Crippen molar-refractivity contribution in [1.29, 1.82) is 0 Å². The van der Waals surface area contributed by atoms with Crippen LogP contribution in [0.1, 0.15) is 33.8 Å². The van der Waals surface area contributed by atoms with E-state index in [2.05, 4.69) is 10.3 Å². The lowest BCUT2D eigenvalue weighted by molar-refractivity contribution is -0.144. The Bertz CT molecular complexity index is 1220. The molecule has 0 radical (unpaired) electrons. The summed E-state index contributed by atoms with van der Waals surface area (Å²) >= 11 is 0. The van der Waals surface area contributed by atoms with E-state index in [9.17, 15) is 31.1 Å². The molecule has 1 unspecified atom stereocenters. The molecule has 1 amide bonds. The average molecular weight is 501 g/mol. The third-order valence-corrected chi connectivity index (χ3v) is 5.63. The average Bonchev–Trinajstić information content (AvgIpc) is 3.32. The number of amides is 1. The van der Waals surface area contributed by atoms with Crippen LogP contribution in [0.5, 0.6) is 5.75 Å². The topological polar surface area (TPSA) is 67.6 Å². The maximum Gasteiger partial charge on any atom is 0.433 e. The van der Waals surface area contributed by atoms with E-state index in [1.807, 2.05) is 0 Å². The number of hydrogen-bond acceptors (Lipinski definition) is 5. The van der Waals surface area contributed by atoms with Gasteiger partial charge in [-0.05, 0) is 37.6 Å². The van der Waals surface area contributed by atoms with Crippen LogP contribution in [0.3, 0.4) is 0 Å². The van der Waals surface area contributed by atoms with Crippen LogP contribution in [-0.2, 0) is 12.8 Å². The zero-order valence-electron chi connectivity index (χ0n) is 18.5. The van der Waals surface area contributed by atoms with Gasteiger partial charge in [0.25, 0.3) is 5.91 Å². The van der Waals surface area contributed by atoms with Crippen molar-refractivity contribution in [2.45, 2.75) is 38.3 Å². The van der Waals surface area contributed by atoms with Crippen molar-refractivity contribution >= 4 is 16.9 Å². The van der Waals surface area contributed by atoms with Gasteiger partial charge < -0.3 is 14.5 Å². The molecule has 4 rings (SSSR count). The molecule has 1 aliphatic rings. The number of benzene rings is 1. The molecule has 1 N–H and O–H groups in total. The van der Waals surface area contributed by atoms with Gasteiger partial charge in [0.2, 0.25) is 0 Å². The van der Waals surface area contributed by atoms with Crippen molar-refractivity contribution in [3.05, 3.63) is 59.1 Å². The minimum atomic E-state index is -4.63. The van der Waals surface area contributed by atoms with E-state index >= 15 is 0 Å². The quantitative estimate of drug-likeness (QED) is 0.476. The van der Waals surface area contributed by atoms with Gasteiger partial charge in [-0.1, -0.05) is 6.07 Å². The first kappa shape index (κ1) is 24.8. The van der Waals surface area contributed by atoms with E-state index in [0.29, 0.717) is 23.2 Å². The number of ether oxygens (including phenoxy) is 1. The van der Waals surface area contributed by atoms with Crippen molar-refractivity contribution in [3.8, 4) is 5.75 Å². The highest BCUT2D eigenvalue weighted by molar-refractivity contribution is 6.07. The van der Waals surface area contributed by atoms with Gasteiger partial charge in [-0.25, -0.2) is 0 Å². The minimum Gasteiger partial charge on any atom is -0.489 e. The molecular weight excluding hydrogens is 480 g/mol. The Morgan fingerprint density at radius 3 is 2.71 bits per heavy atom. The second kappa shape index (κ2) is 9.40. The van der Waals surface area contributed by atoms with Crippen LogP contribution < -0.4 is 10.1 Å². The molecule has 0 aliphatic carbocycles. The first-order valence-electron chi connectivity index (χ1n) is 10.7. The number of alkyl halides is 6. The summed E-state index contributed by atoms with van der Waals surface area (Å²) in [5.74, 6) is -0.00293. The molecule has 0 spiro atoms. The van der Waals surface area contributed by atoms with Crippen molar-refractivity contribution in [2.75, 3.05) is 19.6 Å². The number of hydrogen-bond donors (Lipinski definition) is 1. The van der Waals surface area contributed by atoms with Gasteiger partial charge >= 0.3 is 12.4 Å². The highest BCUT2D eigenvalue weighted by atomic mass is 19.4. The van der Waals surface area contributed by atoms with Gasteiger partial charge in [-0.2, -0.15) is 26.3 Å². The highest BCUT2D eigenvalue weighted by Gasteiger charge is 2.36. The van der Waals surface area contributed by atoms with Gasteiger partial charge in [0, 0.05) is 36.3 Å². The Hall–Kier alpha value is -3.28. The summed E-state index contributed by atoms with van der Waals surface area (Å²) in [6.45, 7) is 0.415. The van der Waals surface area contributed by atoms with E-state index < -0.39 is 43.1 Å². The number of aromatic nitrogens is 1. The molecule has 0 bridgehead atoms. The maximum atomic E-state index is 13.2. The lowest BCUT2D eigenvalue weighted by Crippen LogP contribution is -2.39. The largest absolute Gasteiger partial charge is 0.489 e. The molecule has 2 aromatic heterocycles. The molecule has 0 saturated carbocycles. The zero-order chi connectivity index (χ0) is 25.4. The van der Waals surface area contributed by atoms with Crippen LogP contribution in [0.15, 0.2) is 40.9 Å². The number of nitrogens with one attached hydrogen (secondary N) is 1. The molecule has 1 aromatic carbocycles. The SMILES string of the molecule is Cc1oc2ccc(OCc3cccnc3C(F)(F)F)cc2c1C(=O)NC1CCN(CC(F)(F)F)C1. The van der Waals surface area contributed by atoms with Crippen LogP contribution in [0.2, 0.25) is 0 Å². The third-order valence-electron chi connectivity index (χ3n) is 5.63. The Balaban J connectivity index is 1.49. The van der Waals surface area contributed by atoms with Crippen LogP contribution in [0.4, 0.5) is 26.3 Å². The lowest BCUT2D eigenvalue weighted by atomic mass is 10.1. The number of furan rings is 1. The molecule has 1 aliphatic heterocycles. The zero-order valence-corrected chi connectivity index (χ0v) is 18.5. The summed E-state index contributed by atoms with van der Waals surface area (Å²) in [7, 11) is 0. The monoisotopic (exact) mass is 501 g/mol. The number of carbonyl (C=O) groups excluding carboxylic acids is 1. The molecule has 1 atom stereocenters. The lowest BCUT2D eigenvalue weighted by Gasteiger charge is -2.18. The van der Waals surface area contributed by atoms with Gasteiger partial charge in [-0.3, -0.25) is 14.7 Å². The van der Waals surface area contributed by atoms with Crippen molar-refractivity contribution in [2.24, 2.45) is 0 Å².